The number of imidazole rings is 1. The van der Waals surface area contributed by atoms with E-state index < -0.39 is 24.4 Å². The number of aliphatic hydroxyl groups is 4. The van der Waals surface area contributed by atoms with Gasteiger partial charge in [0.05, 0.1) is 12.6 Å². The average molecular weight is 200 g/mol. The summed E-state index contributed by atoms with van der Waals surface area (Å²) in [7, 11) is 0. The molecule has 0 radical (unpaired) electrons. The van der Waals surface area contributed by atoms with Gasteiger partial charge >= 0.3 is 0 Å². The predicted molar refractivity (Wildman–Crippen MR) is 45.3 cm³/mol. The summed E-state index contributed by atoms with van der Waals surface area (Å²) in [6.07, 6.45) is -0.693. The molecule has 4 atom stereocenters. The van der Waals surface area contributed by atoms with Gasteiger partial charge in [-0.05, 0) is 0 Å². The molecule has 0 saturated heterocycles. The van der Waals surface area contributed by atoms with Crippen molar-refractivity contribution < 1.29 is 20.4 Å². The molecule has 4 N–H and O–H groups in total. The Morgan fingerprint density at radius 3 is 2.64 bits per heavy atom. The maximum absolute atomic E-state index is 9.55. The fourth-order valence-electron chi connectivity index (χ4n) is 1.76. The van der Waals surface area contributed by atoms with Crippen LogP contribution in [0.3, 0.4) is 0 Å². The van der Waals surface area contributed by atoms with Crippen molar-refractivity contribution in [2.75, 3.05) is 6.61 Å². The summed E-state index contributed by atoms with van der Waals surface area (Å²) in [5.74, 6) is 0.266. The van der Waals surface area contributed by atoms with Crippen LogP contribution >= 0.6 is 0 Å². The van der Waals surface area contributed by atoms with Gasteiger partial charge in [0.1, 0.15) is 24.1 Å². The van der Waals surface area contributed by atoms with Crippen LogP contribution in [0.15, 0.2) is 12.4 Å². The van der Waals surface area contributed by atoms with E-state index in [4.69, 9.17) is 5.11 Å². The molecule has 0 bridgehead atoms. The van der Waals surface area contributed by atoms with Gasteiger partial charge in [-0.1, -0.05) is 0 Å². The van der Waals surface area contributed by atoms with Crippen LogP contribution in [0.25, 0.3) is 0 Å². The number of nitrogens with zero attached hydrogens (tertiary/aromatic N) is 2. The van der Waals surface area contributed by atoms with Gasteiger partial charge in [0, 0.05) is 12.4 Å². The number of hydrogen-bond donors (Lipinski definition) is 4. The summed E-state index contributed by atoms with van der Waals surface area (Å²) >= 11 is 0. The molecule has 1 aromatic rings. The van der Waals surface area contributed by atoms with Crippen molar-refractivity contribution in [2.45, 2.75) is 24.4 Å². The Morgan fingerprint density at radius 2 is 2.00 bits per heavy atom. The van der Waals surface area contributed by atoms with E-state index in [1.807, 2.05) is 0 Å². The van der Waals surface area contributed by atoms with Crippen molar-refractivity contribution >= 4 is 0 Å². The molecule has 14 heavy (non-hydrogen) atoms. The molecule has 78 valence electrons. The first-order chi connectivity index (χ1) is 6.66. The van der Waals surface area contributed by atoms with Gasteiger partial charge in [-0.25, -0.2) is 4.98 Å². The third-order valence-corrected chi connectivity index (χ3v) is 2.58. The molecule has 6 heteroatoms. The Hall–Kier alpha value is -0.950. The molecular weight excluding hydrogens is 188 g/mol. The fourth-order valence-corrected chi connectivity index (χ4v) is 1.76. The Balaban J connectivity index is 2.44. The topological polar surface area (TPSA) is 98.7 Å². The molecule has 0 aliphatic carbocycles. The summed E-state index contributed by atoms with van der Waals surface area (Å²) in [5, 5.41) is 37.6. The van der Waals surface area contributed by atoms with Crippen LogP contribution in [0, 0.1) is 0 Å². The van der Waals surface area contributed by atoms with Crippen molar-refractivity contribution in [2.24, 2.45) is 0 Å². The Kier molecular flexibility index (Phi) is 2.28. The number of fused-ring (bicyclic) bond motifs is 1. The standard InChI is InChI=1S/C8H12N2O4/c11-3-4-5(12)6(13)7(14)8-9-1-2-10(4)8/h1-2,4-7,11-14H,3H2/t4-,5+,6-,7+/m0/s1. The second kappa shape index (κ2) is 3.32. The fraction of sp³-hybridized carbons (Fsp3) is 0.625. The Labute approximate surface area is 80.1 Å². The zero-order valence-electron chi connectivity index (χ0n) is 7.35. The number of rotatable bonds is 1. The largest absolute Gasteiger partial charge is 0.394 e. The zero-order valence-corrected chi connectivity index (χ0v) is 7.35. The van der Waals surface area contributed by atoms with E-state index in [1.165, 1.54) is 10.8 Å². The van der Waals surface area contributed by atoms with Crippen molar-refractivity contribution in [1.29, 1.82) is 0 Å². The number of aliphatic hydroxyl groups excluding tert-OH is 4. The van der Waals surface area contributed by atoms with Crippen molar-refractivity contribution in [3.63, 3.8) is 0 Å². The normalized spacial score (nSPS) is 36.9. The van der Waals surface area contributed by atoms with Crippen molar-refractivity contribution in [3.05, 3.63) is 18.2 Å². The first kappa shape index (κ1) is 9.60. The third kappa shape index (κ3) is 1.16. The van der Waals surface area contributed by atoms with Crippen LogP contribution < -0.4 is 0 Å². The highest BCUT2D eigenvalue weighted by Gasteiger charge is 2.40. The van der Waals surface area contributed by atoms with Gasteiger partial charge in [-0.15, -0.1) is 0 Å². The highest BCUT2D eigenvalue weighted by molar-refractivity contribution is 5.08. The van der Waals surface area contributed by atoms with Gasteiger partial charge in [-0.2, -0.15) is 0 Å². The molecule has 0 aromatic carbocycles. The van der Waals surface area contributed by atoms with Crippen LogP contribution in [0.1, 0.15) is 18.0 Å². The highest BCUT2D eigenvalue weighted by atomic mass is 16.4. The first-order valence-corrected chi connectivity index (χ1v) is 4.34. The molecule has 0 fully saturated rings. The lowest BCUT2D eigenvalue weighted by molar-refractivity contribution is -0.108. The van der Waals surface area contributed by atoms with Gasteiger partial charge in [-0.3, -0.25) is 0 Å². The highest BCUT2D eigenvalue weighted by Crippen LogP contribution is 2.30. The molecule has 1 aliphatic heterocycles. The van der Waals surface area contributed by atoms with Crippen LogP contribution in [0.4, 0.5) is 0 Å². The maximum Gasteiger partial charge on any atom is 0.140 e. The molecule has 2 rings (SSSR count). The maximum atomic E-state index is 9.55. The van der Waals surface area contributed by atoms with E-state index in [9.17, 15) is 15.3 Å². The second-order valence-corrected chi connectivity index (χ2v) is 3.37. The monoisotopic (exact) mass is 200 g/mol. The number of aromatic nitrogens is 2. The van der Waals surface area contributed by atoms with E-state index in [0.717, 1.165) is 0 Å². The number of hydrogen-bond acceptors (Lipinski definition) is 5. The van der Waals surface area contributed by atoms with E-state index in [0.29, 0.717) is 0 Å². The Bertz CT molecular complexity index is 327. The van der Waals surface area contributed by atoms with Crippen molar-refractivity contribution in [3.8, 4) is 0 Å². The molecule has 1 aromatic heterocycles. The lowest BCUT2D eigenvalue weighted by Crippen LogP contribution is -2.46. The molecule has 6 nitrogen and oxygen atoms in total. The lowest BCUT2D eigenvalue weighted by Gasteiger charge is -2.35. The minimum Gasteiger partial charge on any atom is -0.394 e. The molecule has 0 unspecified atom stereocenters. The third-order valence-electron chi connectivity index (χ3n) is 2.58. The van der Waals surface area contributed by atoms with Crippen LogP contribution in [-0.4, -0.2) is 48.8 Å². The Morgan fingerprint density at radius 1 is 1.29 bits per heavy atom. The second-order valence-electron chi connectivity index (χ2n) is 3.37. The van der Waals surface area contributed by atoms with E-state index >= 15 is 0 Å². The summed E-state index contributed by atoms with van der Waals surface area (Å²) < 4.78 is 1.47. The molecule has 1 aliphatic rings. The molecule has 2 heterocycles. The van der Waals surface area contributed by atoms with Gasteiger partial charge < -0.3 is 25.0 Å². The van der Waals surface area contributed by atoms with Crippen molar-refractivity contribution in [1.82, 2.24) is 9.55 Å². The quantitative estimate of drug-likeness (QED) is 0.428. The summed E-state index contributed by atoms with van der Waals surface area (Å²) in [4.78, 5) is 3.85. The summed E-state index contributed by atoms with van der Waals surface area (Å²) in [6.45, 7) is -0.311. The van der Waals surface area contributed by atoms with Crippen LogP contribution in [0.5, 0.6) is 0 Å². The molecular formula is C8H12N2O4. The van der Waals surface area contributed by atoms with Crippen LogP contribution in [-0.2, 0) is 0 Å². The smallest absolute Gasteiger partial charge is 0.140 e. The summed E-state index contributed by atoms with van der Waals surface area (Å²) in [6, 6.07) is -0.647. The van der Waals surface area contributed by atoms with Gasteiger partial charge in [0.2, 0.25) is 0 Å². The average Bonchev–Trinajstić information content (AvgIpc) is 2.64. The molecule has 0 spiro atoms. The lowest BCUT2D eigenvalue weighted by atomic mass is 9.96. The molecule has 0 amide bonds. The van der Waals surface area contributed by atoms with Gasteiger partial charge in [0.15, 0.2) is 0 Å². The van der Waals surface area contributed by atoms with E-state index in [-0.39, 0.29) is 12.4 Å². The zero-order chi connectivity index (χ0) is 10.3. The minimum atomic E-state index is -1.30. The van der Waals surface area contributed by atoms with Crippen LogP contribution in [0.2, 0.25) is 0 Å². The van der Waals surface area contributed by atoms with Gasteiger partial charge in [0.25, 0.3) is 0 Å². The minimum absolute atomic E-state index is 0.266. The first-order valence-electron chi connectivity index (χ1n) is 4.34. The van der Waals surface area contributed by atoms with E-state index in [1.54, 1.807) is 6.20 Å². The predicted octanol–water partition coefficient (Wildman–Crippen LogP) is -1.81. The summed E-state index contributed by atoms with van der Waals surface area (Å²) in [5.41, 5.74) is 0. The molecule has 0 saturated carbocycles. The van der Waals surface area contributed by atoms with E-state index in [2.05, 4.69) is 4.98 Å². The SMILES string of the molecule is OC[C@H]1[C@@H](O)[C@H](O)[C@@H](O)c2nccn21.